The SMILES string of the molecule is CCC[Si](Cl)(N(C)C)C(C)(C)C. The second-order valence-corrected chi connectivity index (χ2v) is 10.9. The molecule has 0 radical (unpaired) electrons. The van der Waals surface area contributed by atoms with Gasteiger partial charge in [-0.2, -0.15) is 0 Å². The van der Waals surface area contributed by atoms with Crippen molar-refractivity contribution in [1.29, 1.82) is 0 Å². The van der Waals surface area contributed by atoms with Gasteiger partial charge in [0, 0.05) is 0 Å². The normalized spacial score (nSPS) is 18.0. The fourth-order valence-corrected chi connectivity index (χ4v) is 5.37. The molecule has 0 aliphatic heterocycles. The topological polar surface area (TPSA) is 3.24 Å². The Hall–Kier alpha value is 0.467. The van der Waals surface area contributed by atoms with Crippen molar-refractivity contribution in [3.63, 3.8) is 0 Å². The van der Waals surface area contributed by atoms with Crippen LogP contribution in [0.4, 0.5) is 0 Å². The second kappa shape index (κ2) is 4.12. The molecule has 0 fully saturated rings. The maximum absolute atomic E-state index is 6.72. The molecule has 0 aromatic carbocycles. The van der Waals surface area contributed by atoms with Crippen LogP contribution in [0.15, 0.2) is 0 Å². The van der Waals surface area contributed by atoms with Crippen LogP contribution >= 0.6 is 11.1 Å². The maximum Gasteiger partial charge on any atom is 0.234 e. The fraction of sp³-hybridized carbons (Fsp3) is 1.00. The smallest absolute Gasteiger partial charge is 0.234 e. The average Bonchev–Trinajstić information content (AvgIpc) is 1.85. The van der Waals surface area contributed by atoms with Crippen LogP contribution in [0.3, 0.4) is 0 Å². The van der Waals surface area contributed by atoms with E-state index in [2.05, 4.69) is 46.4 Å². The molecule has 0 spiro atoms. The Morgan fingerprint density at radius 2 is 1.67 bits per heavy atom. The Labute approximate surface area is 82.9 Å². The minimum Gasteiger partial charge on any atom is -0.317 e. The van der Waals surface area contributed by atoms with Gasteiger partial charge in [-0.15, -0.1) is 11.1 Å². The van der Waals surface area contributed by atoms with E-state index in [0.717, 1.165) is 0 Å². The molecule has 1 atom stereocenters. The average molecular weight is 208 g/mol. The largest absolute Gasteiger partial charge is 0.317 e. The first-order chi connectivity index (χ1) is 5.25. The number of rotatable bonds is 3. The van der Waals surface area contributed by atoms with E-state index in [1.807, 2.05) is 0 Å². The van der Waals surface area contributed by atoms with Gasteiger partial charge >= 0.3 is 0 Å². The molecule has 0 saturated heterocycles. The van der Waals surface area contributed by atoms with Crippen molar-refractivity contribution in [2.24, 2.45) is 0 Å². The quantitative estimate of drug-likeness (QED) is 0.507. The third-order valence-corrected chi connectivity index (χ3v) is 10.6. The van der Waals surface area contributed by atoms with E-state index in [1.165, 1.54) is 12.5 Å². The summed E-state index contributed by atoms with van der Waals surface area (Å²) in [6.07, 6.45) is 1.19. The van der Waals surface area contributed by atoms with Gasteiger partial charge < -0.3 is 4.57 Å². The first kappa shape index (κ1) is 12.5. The Balaban J connectivity index is 4.62. The van der Waals surface area contributed by atoms with Crippen LogP contribution in [-0.2, 0) is 0 Å². The molecule has 1 unspecified atom stereocenters. The standard InChI is InChI=1S/C9H22ClNSi/c1-7-8-12(10,11(5)6)9(2,3)4/h7-8H2,1-6H3. The first-order valence-electron chi connectivity index (χ1n) is 4.62. The molecule has 0 aliphatic carbocycles. The van der Waals surface area contributed by atoms with Gasteiger partial charge in [-0.05, 0) is 25.2 Å². The molecule has 0 aliphatic rings. The summed E-state index contributed by atoms with van der Waals surface area (Å²) in [5.41, 5.74) is 0. The summed E-state index contributed by atoms with van der Waals surface area (Å²) in [5, 5.41) is 0.258. The van der Waals surface area contributed by atoms with Gasteiger partial charge in [-0.3, -0.25) is 0 Å². The summed E-state index contributed by atoms with van der Waals surface area (Å²) in [4.78, 5) is 0. The highest BCUT2D eigenvalue weighted by Gasteiger charge is 2.44. The zero-order chi connectivity index (χ0) is 9.99. The summed E-state index contributed by atoms with van der Waals surface area (Å²) in [6.45, 7) is 8.96. The van der Waals surface area contributed by atoms with Crippen LogP contribution in [0.5, 0.6) is 0 Å². The van der Waals surface area contributed by atoms with E-state index >= 15 is 0 Å². The molecule has 0 rings (SSSR count). The van der Waals surface area contributed by atoms with Gasteiger partial charge in [-0.1, -0.05) is 34.1 Å². The summed E-state index contributed by atoms with van der Waals surface area (Å²) in [6, 6.07) is 1.17. The summed E-state index contributed by atoms with van der Waals surface area (Å²) < 4.78 is 2.26. The van der Waals surface area contributed by atoms with E-state index in [-0.39, 0.29) is 5.04 Å². The molecular formula is C9H22ClNSi. The van der Waals surface area contributed by atoms with Gasteiger partial charge in [-0.25, -0.2) is 0 Å². The zero-order valence-corrected chi connectivity index (χ0v) is 11.0. The molecular weight excluding hydrogens is 186 g/mol. The molecule has 12 heavy (non-hydrogen) atoms. The van der Waals surface area contributed by atoms with Crippen LogP contribution < -0.4 is 0 Å². The molecule has 0 aromatic rings. The van der Waals surface area contributed by atoms with Gasteiger partial charge in [0.25, 0.3) is 0 Å². The number of halogens is 1. The Morgan fingerprint density at radius 3 is 1.75 bits per heavy atom. The van der Waals surface area contributed by atoms with Crippen molar-refractivity contribution < 1.29 is 0 Å². The molecule has 3 heteroatoms. The van der Waals surface area contributed by atoms with Crippen LogP contribution in [-0.4, -0.2) is 26.2 Å². The third-order valence-electron chi connectivity index (χ3n) is 2.44. The highest BCUT2D eigenvalue weighted by Crippen LogP contribution is 2.43. The summed E-state index contributed by atoms with van der Waals surface area (Å²) in [7, 11) is 2.50. The van der Waals surface area contributed by atoms with Crippen molar-refractivity contribution in [2.75, 3.05) is 14.1 Å². The number of hydrogen-bond donors (Lipinski definition) is 0. The maximum atomic E-state index is 6.72. The lowest BCUT2D eigenvalue weighted by atomic mass is 10.2. The Kier molecular flexibility index (Phi) is 4.28. The van der Waals surface area contributed by atoms with Crippen LogP contribution in [0.2, 0.25) is 11.1 Å². The molecule has 1 nitrogen and oxygen atoms in total. The second-order valence-electron chi connectivity index (χ2n) is 4.65. The molecule has 0 heterocycles. The monoisotopic (exact) mass is 207 g/mol. The van der Waals surface area contributed by atoms with Crippen molar-refractivity contribution in [1.82, 2.24) is 4.57 Å². The van der Waals surface area contributed by atoms with E-state index in [9.17, 15) is 0 Å². The van der Waals surface area contributed by atoms with Crippen LogP contribution in [0, 0.1) is 0 Å². The minimum atomic E-state index is -1.72. The third kappa shape index (κ3) is 2.48. The molecule has 0 bridgehead atoms. The predicted octanol–water partition coefficient (Wildman–Crippen LogP) is 3.44. The van der Waals surface area contributed by atoms with Crippen LogP contribution in [0.1, 0.15) is 34.1 Å². The molecule has 0 aromatic heterocycles. The molecule has 0 N–H and O–H groups in total. The number of nitrogens with zero attached hydrogens (tertiary/aromatic N) is 1. The zero-order valence-electron chi connectivity index (χ0n) is 9.24. The van der Waals surface area contributed by atoms with Gasteiger partial charge in [0.15, 0.2) is 0 Å². The molecule has 74 valence electrons. The highest BCUT2D eigenvalue weighted by molar-refractivity contribution is 7.20. The highest BCUT2D eigenvalue weighted by atomic mass is 35.6. The van der Waals surface area contributed by atoms with E-state index in [0.29, 0.717) is 0 Å². The Morgan fingerprint density at radius 1 is 1.25 bits per heavy atom. The Bertz CT molecular complexity index is 142. The fourth-order valence-electron chi connectivity index (χ4n) is 1.60. The molecule has 0 saturated carbocycles. The first-order valence-corrected chi connectivity index (χ1v) is 7.78. The van der Waals surface area contributed by atoms with Crippen molar-refractivity contribution in [2.45, 2.75) is 45.2 Å². The lowest BCUT2D eigenvalue weighted by molar-refractivity contribution is 0.554. The van der Waals surface area contributed by atoms with E-state index < -0.39 is 7.55 Å². The lowest BCUT2D eigenvalue weighted by Gasteiger charge is -2.42. The van der Waals surface area contributed by atoms with E-state index in [4.69, 9.17) is 11.1 Å². The van der Waals surface area contributed by atoms with Gasteiger partial charge in [0.2, 0.25) is 7.55 Å². The van der Waals surface area contributed by atoms with Gasteiger partial charge in [0.1, 0.15) is 0 Å². The van der Waals surface area contributed by atoms with E-state index in [1.54, 1.807) is 0 Å². The predicted molar refractivity (Wildman–Crippen MR) is 60.1 cm³/mol. The van der Waals surface area contributed by atoms with Crippen molar-refractivity contribution in [3.8, 4) is 0 Å². The molecule has 0 amide bonds. The lowest BCUT2D eigenvalue weighted by Crippen LogP contribution is -2.51. The van der Waals surface area contributed by atoms with Crippen molar-refractivity contribution >= 4 is 18.6 Å². The summed E-state index contributed by atoms with van der Waals surface area (Å²) in [5.74, 6) is 0. The van der Waals surface area contributed by atoms with Gasteiger partial charge in [0.05, 0.1) is 0 Å². The number of hydrogen-bond acceptors (Lipinski definition) is 1. The van der Waals surface area contributed by atoms with Crippen molar-refractivity contribution in [3.05, 3.63) is 0 Å². The van der Waals surface area contributed by atoms with Crippen LogP contribution in [0.25, 0.3) is 0 Å². The summed E-state index contributed by atoms with van der Waals surface area (Å²) >= 11 is 6.72. The minimum absolute atomic E-state index is 0.258.